The molecule has 0 radical (unpaired) electrons. The average Bonchev–Trinajstić information content (AvgIpc) is 2.99. The van der Waals surface area contributed by atoms with Gasteiger partial charge in [-0.2, -0.15) is 0 Å². The van der Waals surface area contributed by atoms with E-state index >= 15 is 0 Å². The molecule has 0 aromatic carbocycles. The lowest BCUT2D eigenvalue weighted by Gasteiger charge is -2.11. The van der Waals surface area contributed by atoms with Crippen LogP contribution >= 0.6 is 0 Å². The third-order valence-corrected chi connectivity index (χ3v) is 4.52. The predicted octanol–water partition coefficient (Wildman–Crippen LogP) is 1.92. The first kappa shape index (κ1) is 12.6. The quantitative estimate of drug-likeness (QED) is 0.845. The van der Waals surface area contributed by atoms with Gasteiger partial charge in [0, 0.05) is 41.1 Å². The first-order valence-electron chi connectivity index (χ1n) is 6.19. The van der Waals surface area contributed by atoms with Crippen LogP contribution in [-0.4, -0.2) is 31.3 Å². The van der Waals surface area contributed by atoms with Crippen molar-refractivity contribution < 1.29 is 4.21 Å². The summed E-state index contributed by atoms with van der Waals surface area (Å²) < 4.78 is 13.5. The van der Waals surface area contributed by atoms with E-state index in [9.17, 15) is 4.21 Å². The van der Waals surface area contributed by atoms with Gasteiger partial charge in [0.2, 0.25) is 5.95 Å². The second-order valence-electron chi connectivity index (χ2n) is 4.92. The summed E-state index contributed by atoms with van der Waals surface area (Å²) in [6.07, 6.45) is 7.27. The van der Waals surface area contributed by atoms with E-state index < -0.39 is 10.8 Å². The van der Waals surface area contributed by atoms with Crippen LogP contribution in [0.1, 0.15) is 31.9 Å². The van der Waals surface area contributed by atoms with Crippen LogP contribution in [0.25, 0.3) is 0 Å². The van der Waals surface area contributed by atoms with Crippen molar-refractivity contribution in [1.29, 1.82) is 0 Å². The lowest BCUT2D eigenvalue weighted by atomic mass is 10.3. The largest absolute Gasteiger partial charge is 0.353 e. The molecule has 0 bridgehead atoms. The van der Waals surface area contributed by atoms with E-state index in [2.05, 4.69) is 21.1 Å². The van der Waals surface area contributed by atoms with Crippen molar-refractivity contribution in [2.75, 3.05) is 11.6 Å². The Morgan fingerprint density at radius 2 is 2.35 bits per heavy atom. The monoisotopic (exact) mass is 255 g/mol. The number of nitrogens with zero attached hydrogens (tertiary/aromatic N) is 2. The maximum atomic E-state index is 11.3. The second kappa shape index (κ2) is 5.21. The van der Waals surface area contributed by atoms with Gasteiger partial charge in [-0.3, -0.25) is 4.21 Å². The van der Waals surface area contributed by atoms with Crippen molar-refractivity contribution in [2.45, 2.75) is 50.9 Å². The Balaban J connectivity index is 1.96. The molecule has 1 aliphatic carbocycles. The van der Waals surface area contributed by atoms with E-state index in [0.717, 1.165) is 24.6 Å². The lowest BCUT2D eigenvalue weighted by molar-refractivity contribution is 0.621. The van der Waals surface area contributed by atoms with Crippen LogP contribution < -0.4 is 5.32 Å². The zero-order chi connectivity index (χ0) is 12.4. The maximum Gasteiger partial charge on any atom is 0.203 e. The molecule has 4 nitrogen and oxygen atoms in total. The molecule has 2 unspecified atom stereocenters. The number of nitrogens with one attached hydrogen (secondary N) is 1. The molecule has 1 saturated carbocycles. The number of anilines is 1. The fraction of sp³-hybridized carbons (Fsp3) is 0.750. The van der Waals surface area contributed by atoms with Gasteiger partial charge in [-0.1, -0.05) is 6.92 Å². The van der Waals surface area contributed by atoms with Crippen LogP contribution in [-0.2, 0) is 17.3 Å². The lowest BCUT2D eigenvalue weighted by Crippen LogP contribution is -2.14. The van der Waals surface area contributed by atoms with E-state index in [1.165, 1.54) is 12.8 Å². The fourth-order valence-corrected chi connectivity index (χ4v) is 2.17. The standard InChI is InChI=1S/C12H21N3OS/c1-9-8-15(7-6-10(2)17(3)16)12(13-9)14-11-4-5-11/h8,10-11H,4-7H2,1-3H3,(H,13,14). The van der Waals surface area contributed by atoms with Gasteiger partial charge in [0.1, 0.15) is 0 Å². The van der Waals surface area contributed by atoms with Crippen molar-refractivity contribution >= 4 is 16.7 Å². The normalized spacial score (nSPS) is 19.0. The van der Waals surface area contributed by atoms with Gasteiger partial charge in [-0.25, -0.2) is 4.98 Å². The first-order valence-corrected chi connectivity index (χ1v) is 7.81. The van der Waals surface area contributed by atoms with E-state index in [4.69, 9.17) is 0 Å². The van der Waals surface area contributed by atoms with Gasteiger partial charge in [0.15, 0.2) is 0 Å². The van der Waals surface area contributed by atoms with Crippen LogP contribution in [0, 0.1) is 6.92 Å². The Hall–Kier alpha value is -0.840. The molecule has 96 valence electrons. The molecule has 0 amide bonds. The van der Waals surface area contributed by atoms with Gasteiger partial charge >= 0.3 is 0 Å². The summed E-state index contributed by atoms with van der Waals surface area (Å²) in [6, 6.07) is 0.619. The molecule has 0 spiro atoms. The number of imidazole rings is 1. The van der Waals surface area contributed by atoms with Crippen molar-refractivity contribution in [3.8, 4) is 0 Å². The Kier molecular flexibility index (Phi) is 3.86. The third kappa shape index (κ3) is 3.56. The molecule has 5 heteroatoms. The SMILES string of the molecule is Cc1cn(CCC(C)S(C)=O)c(NC2CC2)n1. The zero-order valence-electron chi connectivity index (χ0n) is 10.8. The highest BCUT2D eigenvalue weighted by molar-refractivity contribution is 7.84. The minimum atomic E-state index is -0.736. The van der Waals surface area contributed by atoms with Crippen molar-refractivity contribution in [3.05, 3.63) is 11.9 Å². The number of aryl methyl sites for hydroxylation is 2. The number of rotatable bonds is 6. The van der Waals surface area contributed by atoms with E-state index in [0.29, 0.717) is 6.04 Å². The molecule has 1 aromatic rings. The summed E-state index contributed by atoms with van der Waals surface area (Å²) in [5.74, 6) is 0.971. The third-order valence-electron chi connectivity index (χ3n) is 3.15. The minimum absolute atomic E-state index is 0.242. The minimum Gasteiger partial charge on any atom is -0.353 e. The molecule has 1 aliphatic rings. The van der Waals surface area contributed by atoms with Crippen molar-refractivity contribution in [1.82, 2.24) is 9.55 Å². The Bertz CT molecular complexity index is 412. The van der Waals surface area contributed by atoms with Gasteiger partial charge < -0.3 is 9.88 Å². The van der Waals surface area contributed by atoms with E-state index in [1.54, 1.807) is 6.26 Å². The molecule has 0 saturated heterocycles. The van der Waals surface area contributed by atoms with E-state index in [-0.39, 0.29) is 5.25 Å². The van der Waals surface area contributed by atoms with E-state index in [1.807, 2.05) is 13.8 Å². The predicted molar refractivity (Wildman–Crippen MR) is 71.8 cm³/mol. The average molecular weight is 255 g/mol. The van der Waals surface area contributed by atoms with Gasteiger partial charge in [-0.15, -0.1) is 0 Å². The summed E-state index contributed by atoms with van der Waals surface area (Å²) in [4.78, 5) is 4.49. The molecule has 0 aliphatic heterocycles. The van der Waals surface area contributed by atoms with Gasteiger partial charge in [0.05, 0.1) is 5.69 Å². The maximum absolute atomic E-state index is 11.3. The van der Waals surface area contributed by atoms with Crippen molar-refractivity contribution in [2.24, 2.45) is 0 Å². The zero-order valence-corrected chi connectivity index (χ0v) is 11.6. The summed E-state index contributed by atoms with van der Waals surface area (Å²) in [6.45, 7) is 4.93. The summed E-state index contributed by atoms with van der Waals surface area (Å²) in [7, 11) is -0.736. The fourth-order valence-electron chi connectivity index (χ4n) is 1.73. The van der Waals surface area contributed by atoms with Crippen molar-refractivity contribution in [3.63, 3.8) is 0 Å². The molecular formula is C12H21N3OS. The topological polar surface area (TPSA) is 46.9 Å². The molecule has 1 heterocycles. The number of hydrogen-bond donors (Lipinski definition) is 1. The molecular weight excluding hydrogens is 234 g/mol. The van der Waals surface area contributed by atoms with Crippen LogP contribution in [0.15, 0.2) is 6.20 Å². The smallest absolute Gasteiger partial charge is 0.203 e. The van der Waals surface area contributed by atoms with Crippen LogP contribution in [0.5, 0.6) is 0 Å². The molecule has 1 aromatic heterocycles. The second-order valence-corrected chi connectivity index (χ2v) is 6.72. The highest BCUT2D eigenvalue weighted by atomic mass is 32.2. The molecule has 2 rings (SSSR count). The highest BCUT2D eigenvalue weighted by Crippen LogP contribution is 2.24. The Morgan fingerprint density at radius 3 is 2.94 bits per heavy atom. The van der Waals surface area contributed by atoms with Crippen LogP contribution in [0.2, 0.25) is 0 Å². The first-order chi connectivity index (χ1) is 8.06. The van der Waals surface area contributed by atoms with Crippen LogP contribution in [0.3, 0.4) is 0 Å². The summed E-state index contributed by atoms with van der Waals surface area (Å²) in [5, 5.41) is 3.68. The molecule has 17 heavy (non-hydrogen) atoms. The Morgan fingerprint density at radius 1 is 1.65 bits per heavy atom. The van der Waals surface area contributed by atoms with Gasteiger partial charge in [-0.05, 0) is 26.2 Å². The highest BCUT2D eigenvalue weighted by Gasteiger charge is 2.23. The van der Waals surface area contributed by atoms with Crippen LogP contribution in [0.4, 0.5) is 5.95 Å². The van der Waals surface area contributed by atoms with Gasteiger partial charge in [0.25, 0.3) is 0 Å². The molecule has 1 N–H and O–H groups in total. The molecule has 1 fully saturated rings. The summed E-state index contributed by atoms with van der Waals surface area (Å²) >= 11 is 0. The number of hydrogen-bond acceptors (Lipinski definition) is 3. The number of aromatic nitrogens is 2. The Labute approximate surface area is 105 Å². The molecule has 2 atom stereocenters. The summed E-state index contributed by atoms with van der Waals surface area (Å²) in [5.41, 5.74) is 1.04.